The molecule has 1 rings (SSSR count). The Labute approximate surface area is 110 Å². The number of rotatable bonds is 7. The summed E-state index contributed by atoms with van der Waals surface area (Å²) in [5, 5.41) is 12.1. The molecular weight excluding hydrogens is 252 g/mol. The number of carboxylic acid groups (broad SMARTS) is 1. The fourth-order valence-electron chi connectivity index (χ4n) is 1.26. The van der Waals surface area contributed by atoms with Gasteiger partial charge in [-0.2, -0.15) is 0 Å². The molecule has 0 saturated carbocycles. The Morgan fingerprint density at radius 3 is 2.94 bits per heavy atom. The molecule has 0 saturated heterocycles. The Balaban J connectivity index is 2.48. The maximum Gasteiger partial charge on any atom is 0.338 e. The fourth-order valence-corrected chi connectivity index (χ4v) is 2.07. The predicted octanol–water partition coefficient (Wildman–Crippen LogP) is 1.79. The van der Waals surface area contributed by atoms with Crippen molar-refractivity contribution >= 4 is 23.6 Å². The zero-order valence-corrected chi connectivity index (χ0v) is 11.0. The summed E-state index contributed by atoms with van der Waals surface area (Å²) in [6.45, 7) is 2.71. The highest BCUT2D eigenvalue weighted by Gasteiger charge is 2.12. The van der Waals surface area contributed by atoms with E-state index in [1.54, 1.807) is 6.07 Å². The molecule has 0 bridgehead atoms. The first kappa shape index (κ1) is 14.5. The number of pyridine rings is 1. The van der Waals surface area contributed by atoms with Gasteiger partial charge in [-0.3, -0.25) is 4.79 Å². The number of aromatic carboxylic acids is 1. The number of carbonyl (C=O) groups excluding carboxylic acids is 1. The highest BCUT2D eigenvalue weighted by Crippen LogP contribution is 2.19. The molecule has 2 N–H and O–H groups in total. The Bertz CT molecular complexity index is 424. The second kappa shape index (κ2) is 7.71. The second-order valence-corrected chi connectivity index (χ2v) is 4.62. The number of aromatic nitrogens is 1. The third kappa shape index (κ3) is 4.75. The van der Waals surface area contributed by atoms with Gasteiger partial charge in [0.15, 0.2) is 0 Å². The van der Waals surface area contributed by atoms with E-state index in [-0.39, 0.29) is 17.2 Å². The van der Waals surface area contributed by atoms with Gasteiger partial charge in [0.05, 0.1) is 11.3 Å². The van der Waals surface area contributed by atoms with Crippen LogP contribution in [0.25, 0.3) is 0 Å². The SMILES string of the molecule is CCCCNC(=O)CSc1ncccc1C(=O)O. The minimum atomic E-state index is -1.03. The van der Waals surface area contributed by atoms with Gasteiger partial charge in [-0.1, -0.05) is 25.1 Å². The van der Waals surface area contributed by atoms with Gasteiger partial charge in [-0.15, -0.1) is 0 Å². The Hall–Kier alpha value is -1.56. The van der Waals surface area contributed by atoms with Crippen molar-refractivity contribution in [2.24, 2.45) is 0 Å². The van der Waals surface area contributed by atoms with Crippen molar-refractivity contribution in [3.05, 3.63) is 23.9 Å². The molecule has 0 spiro atoms. The number of carboxylic acids is 1. The van der Waals surface area contributed by atoms with E-state index in [9.17, 15) is 9.59 Å². The third-order valence-corrected chi connectivity index (χ3v) is 3.20. The normalized spacial score (nSPS) is 10.1. The molecule has 18 heavy (non-hydrogen) atoms. The third-order valence-electron chi connectivity index (χ3n) is 2.19. The number of hydrogen-bond acceptors (Lipinski definition) is 4. The van der Waals surface area contributed by atoms with Crippen LogP contribution in [0.5, 0.6) is 0 Å². The average Bonchev–Trinajstić information content (AvgIpc) is 2.37. The van der Waals surface area contributed by atoms with Crippen molar-refractivity contribution in [2.45, 2.75) is 24.8 Å². The molecular formula is C12H16N2O3S. The summed E-state index contributed by atoms with van der Waals surface area (Å²) in [5.74, 6) is -0.950. The number of nitrogens with one attached hydrogen (secondary N) is 1. The Kier molecular flexibility index (Phi) is 6.21. The lowest BCUT2D eigenvalue weighted by molar-refractivity contribution is -0.118. The first-order chi connectivity index (χ1) is 8.65. The van der Waals surface area contributed by atoms with Crippen LogP contribution in [-0.2, 0) is 4.79 Å². The number of hydrogen-bond donors (Lipinski definition) is 2. The summed E-state index contributed by atoms with van der Waals surface area (Å²) in [4.78, 5) is 26.4. The zero-order chi connectivity index (χ0) is 13.4. The molecule has 0 aliphatic carbocycles. The van der Waals surface area contributed by atoms with E-state index in [0.29, 0.717) is 11.6 Å². The molecule has 0 atom stereocenters. The van der Waals surface area contributed by atoms with Gasteiger partial charge in [0.25, 0.3) is 0 Å². The summed E-state index contributed by atoms with van der Waals surface area (Å²) >= 11 is 1.14. The number of unbranched alkanes of at least 4 members (excludes halogenated alkanes) is 1. The summed E-state index contributed by atoms with van der Waals surface area (Å²) in [6, 6.07) is 3.04. The van der Waals surface area contributed by atoms with Crippen molar-refractivity contribution < 1.29 is 14.7 Å². The molecule has 0 radical (unpaired) electrons. The molecule has 98 valence electrons. The Morgan fingerprint density at radius 1 is 1.50 bits per heavy atom. The average molecular weight is 268 g/mol. The van der Waals surface area contributed by atoms with Crippen LogP contribution < -0.4 is 5.32 Å². The number of carbonyl (C=O) groups is 2. The first-order valence-electron chi connectivity index (χ1n) is 5.73. The van der Waals surface area contributed by atoms with Crippen LogP contribution in [0.3, 0.4) is 0 Å². The maximum absolute atomic E-state index is 11.5. The lowest BCUT2D eigenvalue weighted by Gasteiger charge is -2.05. The summed E-state index contributed by atoms with van der Waals surface area (Å²) in [7, 11) is 0. The van der Waals surface area contributed by atoms with Crippen LogP contribution in [0.4, 0.5) is 0 Å². The van der Waals surface area contributed by atoms with E-state index in [2.05, 4.69) is 10.3 Å². The molecule has 1 heterocycles. The maximum atomic E-state index is 11.5. The van der Waals surface area contributed by atoms with Crippen LogP contribution in [0, 0.1) is 0 Å². The van der Waals surface area contributed by atoms with Crippen LogP contribution in [0.2, 0.25) is 0 Å². The van der Waals surface area contributed by atoms with E-state index < -0.39 is 5.97 Å². The topological polar surface area (TPSA) is 79.3 Å². The van der Waals surface area contributed by atoms with Crippen LogP contribution in [0.1, 0.15) is 30.1 Å². The molecule has 0 aliphatic heterocycles. The van der Waals surface area contributed by atoms with Crippen molar-refractivity contribution in [2.75, 3.05) is 12.3 Å². The number of nitrogens with zero attached hydrogens (tertiary/aromatic N) is 1. The number of thioether (sulfide) groups is 1. The zero-order valence-electron chi connectivity index (χ0n) is 10.2. The van der Waals surface area contributed by atoms with E-state index in [1.165, 1.54) is 12.3 Å². The molecule has 0 aromatic carbocycles. The standard InChI is InChI=1S/C12H16N2O3S/c1-2-3-6-13-10(15)8-18-11-9(12(16)17)5-4-7-14-11/h4-5,7H,2-3,6,8H2,1H3,(H,13,15)(H,16,17). The van der Waals surface area contributed by atoms with Gasteiger partial charge < -0.3 is 10.4 Å². The predicted molar refractivity (Wildman–Crippen MR) is 69.8 cm³/mol. The van der Waals surface area contributed by atoms with Crippen LogP contribution >= 0.6 is 11.8 Å². The van der Waals surface area contributed by atoms with Crippen molar-refractivity contribution in [1.29, 1.82) is 0 Å². The lowest BCUT2D eigenvalue weighted by atomic mass is 10.3. The lowest BCUT2D eigenvalue weighted by Crippen LogP contribution is -2.26. The molecule has 0 aliphatic rings. The summed E-state index contributed by atoms with van der Waals surface area (Å²) in [6.07, 6.45) is 3.49. The second-order valence-electron chi connectivity index (χ2n) is 3.65. The van der Waals surface area contributed by atoms with Crippen molar-refractivity contribution in [1.82, 2.24) is 10.3 Å². The monoisotopic (exact) mass is 268 g/mol. The summed E-state index contributed by atoms with van der Waals surface area (Å²) in [5.41, 5.74) is 0.129. The molecule has 1 aromatic heterocycles. The van der Waals surface area contributed by atoms with Gasteiger partial charge in [-0.25, -0.2) is 9.78 Å². The highest BCUT2D eigenvalue weighted by atomic mass is 32.2. The van der Waals surface area contributed by atoms with Crippen molar-refractivity contribution in [3.63, 3.8) is 0 Å². The quantitative estimate of drug-likeness (QED) is 0.582. The van der Waals surface area contributed by atoms with E-state index >= 15 is 0 Å². The molecule has 0 unspecified atom stereocenters. The van der Waals surface area contributed by atoms with Gasteiger partial charge in [0.1, 0.15) is 5.03 Å². The number of amides is 1. The van der Waals surface area contributed by atoms with E-state index in [0.717, 1.165) is 24.6 Å². The van der Waals surface area contributed by atoms with E-state index in [1.807, 2.05) is 6.92 Å². The van der Waals surface area contributed by atoms with Gasteiger partial charge >= 0.3 is 5.97 Å². The minimum absolute atomic E-state index is 0.101. The van der Waals surface area contributed by atoms with Crippen molar-refractivity contribution in [3.8, 4) is 0 Å². The van der Waals surface area contributed by atoms with E-state index in [4.69, 9.17) is 5.11 Å². The Morgan fingerprint density at radius 2 is 2.28 bits per heavy atom. The molecule has 0 fully saturated rings. The molecule has 1 aromatic rings. The molecule has 5 nitrogen and oxygen atoms in total. The van der Waals surface area contributed by atoms with Gasteiger partial charge in [-0.05, 0) is 18.6 Å². The van der Waals surface area contributed by atoms with Crippen LogP contribution in [0.15, 0.2) is 23.4 Å². The largest absolute Gasteiger partial charge is 0.478 e. The first-order valence-corrected chi connectivity index (χ1v) is 6.71. The van der Waals surface area contributed by atoms with Gasteiger partial charge in [0.2, 0.25) is 5.91 Å². The summed E-state index contributed by atoms with van der Waals surface area (Å²) < 4.78 is 0. The minimum Gasteiger partial charge on any atom is -0.478 e. The smallest absolute Gasteiger partial charge is 0.338 e. The molecule has 6 heteroatoms. The fraction of sp³-hybridized carbons (Fsp3) is 0.417. The molecule has 1 amide bonds. The highest BCUT2D eigenvalue weighted by molar-refractivity contribution is 8.00. The van der Waals surface area contributed by atoms with Crippen LogP contribution in [-0.4, -0.2) is 34.3 Å². The van der Waals surface area contributed by atoms with Gasteiger partial charge in [0, 0.05) is 12.7 Å².